The number of hydrogen-bond acceptors (Lipinski definition) is 4. The van der Waals surface area contributed by atoms with Gasteiger partial charge in [-0.15, -0.1) is 0 Å². The summed E-state index contributed by atoms with van der Waals surface area (Å²) in [5, 5.41) is 0. The van der Waals surface area contributed by atoms with Crippen LogP contribution in [0, 0.1) is 11.7 Å². The lowest BCUT2D eigenvalue weighted by Gasteiger charge is -2.07. The van der Waals surface area contributed by atoms with Crippen LogP contribution in [0.1, 0.15) is 65.2 Å². The molecule has 0 aliphatic rings. The van der Waals surface area contributed by atoms with Crippen LogP contribution in [0.2, 0.25) is 0 Å². The van der Waals surface area contributed by atoms with Crippen molar-refractivity contribution in [2.75, 3.05) is 6.61 Å². The molecule has 0 aliphatic carbocycles. The first-order valence-electron chi connectivity index (χ1n) is 9.10. The lowest BCUT2D eigenvalue weighted by Crippen LogP contribution is -2.09. The third-order valence-corrected chi connectivity index (χ3v) is 3.65. The zero-order valence-corrected chi connectivity index (χ0v) is 15.3. The number of hydrogen-bond donors (Lipinski definition) is 0. The number of esters is 2. The van der Waals surface area contributed by atoms with Crippen LogP contribution in [0.4, 0.5) is 4.39 Å². The van der Waals surface area contributed by atoms with Crippen molar-refractivity contribution in [3.63, 3.8) is 0 Å². The molecule has 5 heteroatoms. The van der Waals surface area contributed by atoms with E-state index < -0.39 is 11.8 Å². The van der Waals surface area contributed by atoms with Gasteiger partial charge in [-0.1, -0.05) is 51.7 Å². The van der Waals surface area contributed by atoms with E-state index >= 15 is 0 Å². The van der Waals surface area contributed by atoms with Crippen molar-refractivity contribution < 1.29 is 23.5 Å². The Morgan fingerprint density at radius 2 is 1.48 bits per heavy atom. The number of para-hydroxylation sites is 1. The Labute approximate surface area is 149 Å². The molecule has 0 amide bonds. The van der Waals surface area contributed by atoms with Gasteiger partial charge in [-0.3, -0.25) is 9.59 Å². The molecule has 0 radical (unpaired) electrons. The van der Waals surface area contributed by atoms with Crippen LogP contribution in [0.3, 0.4) is 0 Å². The van der Waals surface area contributed by atoms with E-state index in [0.717, 1.165) is 38.5 Å². The van der Waals surface area contributed by atoms with Gasteiger partial charge in [-0.2, -0.15) is 0 Å². The molecular formula is C20H29FO4. The Kier molecular flexibility index (Phi) is 10.5. The van der Waals surface area contributed by atoms with Crippen LogP contribution in [-0.4, -0.2) is 18.5 Å². The monoisotopic (exact) mass is 352 g/mol. The Hall–Kier alpha value is -1.91. The van der Waals surface area contributed by atoms with Gasteiger partial charge in [-0.05, 0) is 30.9 Å². The van der Waals surface area contributed by atoms with Crippen molar-refractivity contribution in [3.8, 4) is 5.75 Å². The summed E-state index contributed by atoms with van der Waals surface area (Å²) in [6, 6.07) is 5.89. The van der Waals surface area contributed by atoms with Crippen molar-refractivity contribution >= 4 is 11.9 Å². The van der Waals surface area contributed by atoms with Gasteiger partial charge in [0.25, 0.3) is 0 Å². The molecule has 0 fully saturated rings. The van der Waals surface area contributed by atoms with Crippen LogP contribution < -0.4 is 4.74 Å². The van der Waals surface area contributed by atoms with Crippen molar-refractivity contribution in [1.29, 1.82) is 0 Å². The summed E-state index contributed by atoms with van der Waals surface area (Å²) in [6.45, 7) is 4.51. The molecule has 0 unspecified atom stereocenters. The third-order valence-electron chi connectivity index (χ3n) is 3.65. The van der Waals surface area contributed by atoms with E-state index in [9.17, 15) is 14.0 Å². The number of ether oxygens (including phenoxy) is 2. The van der Waals surface area contributed by atoms with Crippen molar-refractivity contribution in [1.82, 2.24) is 0 Å². The molecule has 4 nitrogen and oxygen atoms in total. The largest absolute Gasteiger partial charge is 0.465 e. The van der Waals surface area contributed by atoms with Crippen LogP contribution in [0.15, 0.2) is 24.3 Å². The fourth-order valence-electron chi connectivity index (χ4n) is 2.28. The normalized spacial score (nSPS) is 10.7. The molecule has 1 aromatic carbocycles. The first kappa shape index (κ1) is 21.1. The van der Waals surface area contributed by atoms with Gasteiger partial charge < -0.3 is 9.47 Å². The fraction of sp³-hybridized carbons (Fsp3) is 0.600. The van der Waals surface area contributed by atoms with E-state index in [1.54, 1.807) is 12.1 Å². The molecule has 0 bridgehead atoms. The van der Waals surface area contributed by atoms with Gasteiger partial charge in [0.05, 0.1) is 6.61 Å². The summed E-state index contributed by atoms with van der Waals surface area (Å²) in [4.78, 5) is 23.1. The Morgan fingerprint density at radius 1 is 0.920 bits per heavy atom. The molecule has 0 aliphatic heterocycles. The highest BCUT2D eigenvalue weighted by Gasteiger charge is 2.08. The third kappa shape index (κ3) is 10.5. The molecule has 0 heterocycles. The second kappa shape index (κ2) is 12.5. The maximum Gasteiger partial charge on any atom is 0.311 e. The maximum absolute atomic E-state index is 13.3. The molecule has 0 aromatic heterocycles. The Morgan fingerprint density at radius 3 is 2.08 bits per heavy atom. The van der Waals surface area contributed by atoms with Crippen LogP contribution in [0.25, 0.3) is 0 Å². The Bertz CT molecular complexity index is 528. The minimum atomic E-state index is -0.525. The van der Waals surface area contributed by atoms with Crippen molar-refractivity contribution in [2.45, 2.75) is 65.2 Å². The van der Waals surface area contributed by atoms with E-state index in [1.165, 1.54) is 12.1 Å². The highest BCUT2D eigenvalue weighted by atomic mass is 19.1. The molecule has 0 saturated heterocycles. The smallest absolute Gasteiger partial charge is 0.311 e. The predicted octanol–water partition coefficient (Wildman–Crippen LogP) is 5.05. The van der Waals surface area contributed by atoms with Crippen LogP contribution in [0.5, 0.6) is 5.75 Å². The van der Waals surface area contributed by atoms with E-state index in [0.29, 0.717) is 18.9 Å². The lowest BCUT2D eigenvalue weighted by atomic mass is 10.1. The minimum absolute atomic E-state index is 0.0168. The zero-order chi connectivity index (χ0) is 18.5. The molecule has 25 heavy (non-hydrogen) atoms. The van der Waals surface area contributed by atoms with Gasteiger partial charge in [0, 0.05) is 12.8 Å². The molecule has 0 saturated carbocycles. The van der Waals surface area contributed by atoms with E-state index in [2.05, 4.69) is 0 Å². The van der Waals surface area contributed by atoms with Crippen molar-refractivity contribution in [3.05, 3.63) is 30.1 Å². The standard InChI is InChI=1S/C20H29FO4/c1-16(2)15-24-19(22)13-7-5-3-4-6-8-14-20(23)25-18-12-10-9-11-17(18)21/h9-12,16H,3-8,13-15H2,1-2H3. The quantitative estimate of drug-likeness (QED) is 0.300. The molecule has 0 N–H and O–H groups in total. The first-order chi connectivity index (χ1) is 12.0. The second-order valence-electron chi connectivity index (χ2n) is 6.60. The minimum Gasteiger partial charge on any atom is -0.465 e. The topological polar surface area (TPSA) is 52.6 Å². The van der Waals surface area contributed by atoms with E-state index in [-0.39, 0.29) is 18.1 Å². The summed E-state index contributed by atoms with van der Waals surface area (Å²) >= 11 is 0. The van der Waals surface area contributed by atoms with Crippen LogP contribution >= 0.6 is 0 Å². The maximum atomic E-state index is 13.3. The number of rotatable bonds is 12. The second-order valence-corrected chi connectivity index (χ2v) is 6.60. The number of carbonyl (C=O) groups excluding carboxylic acids is 2. The fourth-order valence-corrected chi connectivity index (χ4v) is 2.28. The first-order valence-corrected chi connectivity index (χ1v) is 9.10. The van der Waals surface area contributed by atoms with Gasteiger partial charge >= 0.3 is 11.9 Å². The summed E-state index contributed by atoms with van der Waals surface area (Å²) in [5.74, 6) is -0.698. The molecule has 1 aromatic rings. The summed E-state index contributed by atoms with van der Waals surface area (Å²) in [7, 11) is 0. The lowest BCUT2D eigenvalue weighted by molar-refractivity contribution is -0.144. The van der Waals surface area contributed by atoms with Gasteiger partial charge in [0.2, 0.25) is 0 Å². The van der Waals surface area contributed by atoms with E-state index in [4.69, 9.17) is 9.47 Å². The molecular weight excluding hydrogens is 323 g/mol. The number of halogens is 1. The van der Waals surface area contributed by atoms with E-state index in [1.807, 2.05) is 13.8 Å². The number of carbonyl (C=O) groups is 2. The molecule has 140 valence electrons. The molecule has 0 atom stereocenters. The number of unbranched alkanes of at least 4 members (excludes halogenated alkanes) is 5. The molecule has 1 rings (SSSR count). The summed E-state index contributed by atoms with van der Waals surface area (Å²) in [5.41, 5.74) is 0. The zero-order valence-electron chi connectivity index (χ0n) is 15.3. The highest BCUT2D eigenvalue weighted by molar-refractivity contribution is 5.72. The van der Waals surface area contributed by atoms with Gasteiger partial charge in [0.1, 0.15) is 0 Å². The average Bonchev–Trinajstić information content (AvgIpc) is 2.57. The summed E-state index contributed by atoms with van der Waals surface area (Å²) < 4.78 is 23.5. The van der Waals surface area contributed by atoms with Crippen molar-refractivity contribution in [2.24, 2.45) is 5.92 Å². The average molecular weight is 352 g/mol. The molecule has 0 spiro atoms. The SMILES string of the molecule is CC(C)COC(=O)CCCCCCCCC(=O)Oc1ccccc1F. The van der Waals surface area contributed by atoms with Gasteiger partial charge in [-0.25, -0.2) is 4.39 Å². The van der Waals surface area contributed by atoms with Crippen LogP contribution in [-0.2, 0) is 14.3 Å². The highest BCUT2D eigenvalue weighted by Crippen LogP contribution is 2.17. The van der Waals surface area contributed by atoms with Gasteiger partial charge in [0.15, 0.2) is 11.6 Å². The predicted molar refractivity (Wildman–Crippen MR) is 94.8 cm³/mol. The summed E-state index contributed by atoms with van der Waals surface area (Å²) in [6.07, 6.45) is 6.27. The number of benzene rings is 1. The Balaban J connectivity index is 1.97.